The monoisotopic (exact) mass is 249 g/mol. The van der Waals surface area contributed by atoms with E-state index in [1.165, 1.54) is 18.2 Å². The van der Waals surface area contributed by atoms with Gasteiger partial charge in [-0.3, -0.25) is 0 Å². The highest BCUT2D eigenvalue weighted by Crippen LogP contribution is 2.08. The van der Waals surface area contributed by atoms with Crippen molar-refractivity contribution in [2.75, 3.05) is 6.61 Å². The molecular formula is C14H17O4. The van der Waals surface area contributed by atoms with Gasteiger partial charge in [0.2, 0.25) is 0 Å². The van der Waals surface area contributed by atoms with Gasteiger partial charge in [0.05, 0.1) is 17.7 Å². The molecule has 0 heterocycles. The van der Waals surface area contributed by atoms with Gasteiger partial charge in [-0.15, -0.1) is 0 Å². The first-order valence-corrected chi connectivity index (χ1v) is 5.84. The van der Waals surface area contributed by atoms with Crippen molar-refractivity contribution >= 4 is 11.9 Å². The van der Waals surface area contributed by atoms with Gasteiger partial charge in [-0.05, 0) is 37.0 Å². The molecule has 1 unspecified atom stereocenters. The van der Waals surface area contributed by atoms with Crippen LogP contribution in [0.2, 0.25) is 0 Å². The van der Waals surface area contributed by atoms with Crippen LogP contribution >= 0.6 is 0 Å². The second-order valence-corrected chi connectivity index (χ2v) is 4.27. The third-order valence-electron chi connectivity index (χ3n) is 2.42. The first kappa shape index (κ1) is 14.2. The van der Waals surface area contributed by atoms with Crippen LogP contribution in [0.15, 0.2) is 24.3 Å². The summed E-state index contributed by atoms with van der Waals surface area (Å²) >= 11 is 0. The zero-order valence-corrected chi connectivity index (χ0v) is 10.4. The maximum atomic E-state index is 11.6. The van der Waals surface area contributed by atoms with E-state index in [1.54, 1.807) is 6.07 Å². The number of carbonyl (C=O) groups excluding carboxylic acids is 1. The average Bonchev–Trinajstić information content (AvgIpc) is 2.34. The predicted octanol–water partition coefficient (Wildman–Crippen LogP) is 2.79. The molecule has 1 aromatic rings. The van der Waals surface area contributed by atoms with E-state index >= 15 is 0 Å². The molecule has 0 fully saturated rings. The van der Waals surface area contributed by atoms with Crippen molar-refractivity contribution < 1.29 is 19.4 Å². The number of carboxylic acid groups (broad SMARTS) is 1. The summed E-state index contributed by atoms with van der Waals surface area (Å²) in [4.78, 5) is 22.4. The van der Waals surface area contributed by atoms with E-state index in [9.17, 15) is 9.59 Å². The molecule has 0 aliphatic carbocycles. The maximum absolute atomic E-state index is 11.6. The summed E-state index contributed by atoms with van der Waals surface area (Å²) in [6.45, 7) is 6.17. The first-order chi connectivity index (χ1) is 8.50. The Labute approximate surface area is 107 Å². The van der Waals surface area contributed by atoms with E-state index in [2.05, 4.69) is 6.92 Å². The van der Waals surface area contributed by atoms with E-state index in [4.69, 9.17) is 9.84 Å². The topological polar surface area (TPSA) is 63.6 Å². The largest absolute Gasteiger partial charge is 0.478 e. The van der Waals surface area contributed by atoms with Crippen LogP contribution < -0.4 is 0 Å². The normalized spacial score (nSPS) is 10.4. The fourth-order valence-electron chi connectivity index (χ4n) is 1.46. The summed E-state index contributed by atoms with van der Waals surface area (Å²) < 4.78 is 5.05. The Balaban J connectivity index is 2.51. The number of carboxylic acids is 1. The lowest BCUT2D eigenvalue weighted by Crippen LogP contribution is -2.08. The number of ether oxygens (including phenoxy) is 1. The summed E-state index contributed by atoms with van der Waals surface area (Å²) in [5.41, 5.74) is 0.341. The van der Waals surface area contributed by atoms with E-state index in [-0.39, 0.29) is 11.1 Å². The zero-order chi connectivity index (χ0) is 13.5. The Hall–Kier alpha value is -1.84. The summed E-state index contributed by atoms with van der Waals surface area (Å²) in [6.07, 6.45) is 1.65. The van der Waals surface area contributed by atoms with Crippen LogP contribution in [0.1, 0.15) is 40.5 Å². The number of carbonyl (C=O) groups is 2. The van der Waals surface area contributed by atoms with Crippen molar-refractivity contribution in [2.45, 2.75) is 19.8 Å². The Morgan fingerprint density at radius 2 is 2.06 bits per heavy atom. The van der Waals surface area contributed by atoms with Gasteiger partial charge in [-0.2, -0.15) is 0 Å². The molecule has 4 heteroatoms. The lowest BCUT2D eigenvalue weighted by molar-refractivity contribution is 0.0495. The number of rotatable bonds is 6. The standard InChI is InChI=1S/C14H17O4/c1-10(2)5-4-8-18-14(17)12-7-3-6-11(9-12)13(15)16/h3,6-7,9-10H,1,4-5,8H2,2H3,(H,15,16). The molecule has 1 rings (SSSR count). The highest BCUT2D eigenvalue weighted by Gasteiger charge is 2.10. The van der Waals surface area contributed by atoms with E-state index in [1.807, 2.05) is 6.92 Å². The third-order valence-corrected chi connectivity index (χ3v) is 2.42. The van der Waals surface area contributed by atoms with E-state index < -0.39 is 11.9 Å². The number of hydrogen-bond acceptors (Lipinski definition) is 3. The van der Waals surface area contributed by atoms with Gasteiger partial charge < -0.3 is 9.84 Å². The summed E-state index contributed by atoms with van der Waals surface area (Å²) in [7, 11) is 0. The lowest BCUT2D eigenvalue weighted by Gasteiger charge is -2.06. The molecule has 97 valence electrons. The molecule has 0 aromatic heterocycles. The number of hydrogen-bond donors (Lipinski definition) is 1. The molecule has 0 aliphatic heterocycles. The minimum Gasteiger partial charge on any atom is -0.478 e. The molecule has 1 atom stereocenters. The van der Waals surface area contributed by atoms with Crippen molar-refractivity contribution in [3.63, 3.8) is 0 Å². The van der Waals surface area contributed by atoms with E-state index in [0.717, 1.165) is 12.8 Å². The van der Waals surface area contributed by atoms with Gasteiger partial charge in [-0.25, -0.2) is 9.59 Å². The van der Waals surface area contributed by atoms with E-state index in [0.29, 0.717) is 12.5 Å². The van der Waals surface area contributed by atoms with Crippen LogP contribution in [-0.2, 0) is 4.74 Å². The average molecular weight is 249 g/mol. The van der Waals surface area contributed by atoms with Crippen molar-refractivity contribution in [3.05, 3.63) is 42.3 Å². The molecule has 18 heavy (non-hydrogen) atoms. The quantitative estimate of drug-likeness (QED) is 0.622. The first-order valence-electron chi connectivity index (χ1n) is 5.84. The van der Waals surface area contributed by atoms with Crippen LogP contribution in [0, 0.1) is 12.8 Å². The highest BCUT2D eigenvalue weighted by molar-refractivity contribution is 5.94. The number of aromatic carboxylic acids is 1. The molecule has 0 amide bonds. The van der Waals surface area contributed by atoms with Gasteiger partial charge in [0.1, 0.15) is 0 Å². The van der Waals surface area contributed by atoms with Crippen LogP contribution in [0.25, 0.3) is 0 Å². The van der Waals surface area contributed by atoms with Gasteiger partial charge in [0.15, 0.2) is 0 Å². The molecule has 0 aliphatic rings. The third kappa shape index (κ3) is 4.57. The Morgan fingerprint density at radius 3 is 2.67 bits per heavy atom. The fourth-order valence-corrected chi connectivity index (χ4v) is 1.46. The minimum absolute atomic E-state index is 0.0795. The molecule has 0 bridgehead atoms. The summed E-state index contributed by atoms with van der Waals surface area (Å²) in [5, 5.41) is 8.81. The molecule has 0 saturated carbocycles. The Bertz CT molecular complexity index is 424. The summed E-state index contributed by atoms with van der Waals surface area (Å²) in [5.74, 6) is -1.22. The molecule has 1 aromatic carbocycles. The Kier molecular flexibility index (Phi) is 5.36. The number of esters is 1. The molecule has 1 N–H and O–H groups in total. The van der Waals surface area contributed by atoms with Crippen molar-refractivity contribution in [2.24, 2.45) is 5.92 Å². The van der Waals surface area contributed by atoms with Gasteiger partial charge in [0.25, 0.3) is 0 Å². The second-order valence-electron chi connectivity index (χ2n) is 4.27. The molecule has 0 saturated heterocycles. The van der Waals surface area contributed by atoms with Crippen molar-refractivity contribution in [1.29, 1.82) is 0 Å². The van der Waals surface area contributed by atoms with Crippen molar-refractivity contribution in [3.8, 4) is 0 Å². The van der Waals surface area contributed by atoms with Crippen LogP contribution in [0.4, 0.5) is 0 Å². The Morgan fingerprint density at radius 1 is 1.39 bits per heavy atom. The highest BCUT2D eigenvalue weighted by atomic mass is 16.5. The number of benzene rings is 1. The maximum Gasteiger partial charge on any atom is 0.338 e. The molecule has 0 spiro atoms. The van der Waals surface area contributed by atoms with Crippen LogP contribution in [0.5, 0.6) is 0 Å². The fraction of sp³-hybridized carbons (Fsp3) is 0.357. The SMILES string of the molecule is [CH2]C(C)CCCOC(=O)c1cccc(C(=O)O)c1. The smallest absolute Gasteiger partial charge is 0.338 e. The second kappa shape index (κ2) is 6.79. The molecule has 4 nitrogen and oxygen atoms in total. The van der Waals surface area contributed by atoms with Crippen LogP contribution in [-0.4, -0.2) is 23.7 Å². The van der Waals surface area contributed by atoms with Crippen LogP contribution in [0.3, 0.4) is 0 Å². The van der Waals surface area contributed by atoms with Gasteiger partial charge >= 0.3 is 11.9 Å². The van der Waals surface area contributed by atoms with Crippen molar-refractivity contribution in [1.82, 2.24) is 0 Å². The van der Waals surface area contributed by atoms with Gasteiger partial charge in [-0.1, -0.05) is 19.9 Å². The summed E-state index contributed by atoms with van der Waals surface area (Å²) in [6, 6.07) is 5.81. The van der Waals surface area contributed by atoms with Gasteiger partial charge in [0, 0.05) is 0 Å². The zero-order valence-electron chi connectivity index (χ0n) is 10.4. The minimum atomic E-state index is -1.06. The lowest BCUT2D eigenvalue weighted by atomic mass is 10.1. The molecular weight excluding hydrogens is 232 g/mol. The predicted molar refractivity (Wildman–Crippen MR) is 67.4 cm³/mol. The molecule has 1 radical (unpaired) electrons.